The minimum absolute atomic E-state index is 0.109. The molecule has 2 rings (SSSR count). The van der Waals surface area contributed by atoms with Gasteiger partial charge in [-0.2, -0.15) is 0 Å². The van der Waals surface area contributed by atoms with Crippen LogP contribution in [-0.2, 0) is 0 Å². The third kappa shape index (κ3) is 4.17. The molecule has 0 spiro atoms. The summed E-state index contributed by atoms with van der Waals surface area (Å²) in [5.74, 6) is 1.83. The summed E-state index contributed by atoms with van der Waals surface area (Å²) in [7, 11) is 0. The first-order valence-electron chi connectivity index (χ1n) is 10.1. The van der Waals surface area contributed by atoms with Crippen LogP contribution >= 0.6 is 11.6 Å². The Morgan fingerprint density at radius 1 is 0.500 bits per heavy atom. The monoisotopic (exact) mass is 370 g/mol. The first kappa shape index (κ1) is 21.0. The number of benzene rings is 2. The van der Waals surface area contributed by atoms with Crippen molar-refractivity contribution in [2.24, 2.45) is 0 Å². The van der Waals surface area contributed by atoms with Gasteiger partial charge in [0.2, 0.25) is 0 Å². The Kier molecular flexibility index (Phi) is 6.97. The summed E-state index contributed by atoms with van der Waals surface area (Å²) in [5.41, 5.74) is 8.17. The van der Waals surface area contributed by atoms with E-state index < -0.39 is 0 Å². The fourth-order valence-corrected chi connectivity index (χ4v) is 4.45. The number of hydrogen-bond donors (Lipinski definition) is 0. The minimum Gasteiger partial charge on any atom is -0.113 e. The quantitative estimate of drug-likeness (QED) is 0.447. The van der Waals surface area contributed by atoms with Crippen molar-refractivity contribution in [3.05, 3.63) is 69.8 Å². The largest absolute Gasteiger partial charge is 0.113 e. The molecule has 0 nitrogen and oxygen atoms in total. The highest BCUT2D eigenvalue weighted by atomic mass is 35.5. The Labute approximate surface area is 166 Å². The molecule has 2 aromatic rings. The average molecular weight is 371 g/mol. The van der Waals surface area contributed by atoms with Gasteiger partial charge in [-0.05, 0) is 57.1 Å². The second-order valence-electron chi connectivity index (χ2n) is 8.68. The zero-order valence-electron chi connectivity index (χ0n) is 17.7. The van der Waals surface area contributed by atoms with Crippen molar-refractivity contribution in [1.29, 1.82) is 0 Å². The SMILES string of the molecule is CC(C)c1cccc(C(C)C)c1C(Cl)c1c(C(C)C)cccc1C(C)C. The normalized spacial score (nSPS) is 12.2. The summed E-state index contributed by atoms with van der Waals surface area (Å²) < 4.78 is 0. The number of alkyl halides is 1. The van der Waals surface area contributed by atoms with Gasteiger partial charge in [0.25, 0.3) is 0 Å². The predicted octanol–water partition coefficient (Wildman–Crippen LogP) is 8.51. The zero-order valence-corrected chi connectivity index (χ0v) is 18.5. The molecule has 142 valence electrons. The van der Waals surface area contributed by atoms with E-state index in [1.54, 1.807) is 0 Å². The van der Waals surface area contributed by atoms with Crippen molar-refractivity contribution in [2.45, 2.75) is 84.4 Å². The molecule has 0 heterocycles. The van der Waals surface area contributed by atoms with Crippen molar-refractivity contribution in [3.8, 4) is 0 Å². The van der Waals surface area contributed by atoms with E-state index in [9.17, 15) is 0 Å². The van der Waals surface area contributed by atoms with Crippen LogP contribution in [0, 0.1) is 0 Å². The van der Waals surface area contributed by atoms with E-state index in [1.165, 1.54) is 33.4 Å². The number of rotatable bonds is 6. The fourth-order valence-electron chi connectivity index (χ4n) is 3.95. The van der Waals surface area contributed by atoms with Crippen molar-refractivity contribution in [3.63, 3.8) is 0 Å². The van der Waals surface area contributed by atoms with Crippen molar-refractivity contribution >= 4 is 11.6 Å². The highest BCUT2D eigenvalue weighted by molar-refractivity contribution is 6.23. The molecule has 0 amide bonds. The van der Waals surface area contributed by atoms with Gasteiger partial charge >= 0.3 is 0 Å². The van der Waals surface area contributed by atoms with Crippen LogP contribution in [0.3, 0.4) is 0 Å². The molecule has 0 atom stereocenters. The van der Waals surface area contributed by atoms with Crippen LogP contribution in [-0.4, -0.2) is 0 Å². The van der Waals surface area contributed by atoms with Gasteiger partial charge in [-0.25, -0.2) is 0 Å². The molecule has 0 fully saturated rings. The van der Waals surface area contributed by atoms with E-state index in [0.29, 0.717) is 23.7 Å². The first-order valence-corrected chi connectivity index (χ1v) is 10.5. The van der Waals surface area contributed by atoms with E-state index in [-0.39, 0.29) is 5.38 Å². The molecule has 0 aliphatic rings. The predicted molar refractivity (Wildman–Crippen MR) is 117 cm³/mol. The Bertz CT molecular complexity index is 622. The third-order valence-electron chi connectivity index (χ3n) is 5.34. The van der Waals surface area contributed by atoms with Crippen LogP contribution < -0.4 is 0 Å². The summed E-state index contributed by atoms with van der Waals surface area (Å²) in [6.45, 7) is 18.1. The molecular weight excluding hydrogens is 336 g/mol. The first-order chi connectivity index (χ1) is 12.2. The van der Waals surface area contributed by atoms with Crippen LogP contribution in [0.2, 0.25) is 0 Å². The standard InChI is InChI=1S/C25H35Cl/c1-15(2)19-11-9-12-20(16(3)4)23(19)25(26)24-21(17(5)6)13-10-14-22(24)18(7)8/h9-18,25H,1-8H3. The molecule has 1 heteroatoms. The maximum atomic E-state index is 7.33. The maximum absolute atomic E-state index is 7.33. The van der Waals surface area contributed by atoms with Gasteiger partial charge in [0.1, 0.15) is 0 Å². The van der Waals surface area contributed by atoms with E-state index in [0.717, 1.165) is 0 Å². The Balaban J connectivity index is 2.80. The second-order valence-corrected chi connectivity index (χ2v) is 9.12. The average Bonchev–Trinajstić information content (AvgIpc) is 2.59. The third-order valence-corrected chi connectivity index (χ3v) is 5.78. The summed E-state index contributed by atoms with van der Waals surface area (Å²) in [6, 6.07) is 13.4. The molecule has 0 saturated heterocycles. The van der Waals surface area contributed by atoms with Crippen LogP contribution in [0.5, 0.6) is 0 Å². The second kappa shape index (κ2) is 8.61. The lowest BCUT2D eigenvalue weighted by molar-refractivity contribution is 0.773. The fraction of sp³-hybridized carbons (Fsp3) is 0.520. The molecule has 0 aliphatic carbocycles. The van der Waals surface area contributed by atoms with Gasteiger partial charge in [0, 0.05) is 0 Å². The Hall–Kier alpha value is -1.27. The number of halogens is 1. The van der Waals surface area contributed by atoms with E-state index in [2.05, 4.69) is 91.8 Å². The zero-order chi connectivity index (χ0) is 19.6. The van der Waals surface area contributed by atoms with E-state index in [4.69, 9.17) is 11.6 Å². The smallest absolute Gasteiger partial charge is 0.0846 e. The lowest BCUT2D eigenvalue weighted by Gasteiger charge is -2.28. The van der Waals surface area contributed by atoms with Crippen LogP contribution in [0.15, 0.2) is 36.4 Å². The molecule has 0 aliphatic heterocycles. The molecule has 0 aromatic heterocycles. The van der Waals surface area contributed by atoms with Gasteiger partial charge in [0.05, 0.1) is 5.38 Å². The molecule has 2 aromatic carbocycles. The minimum atomic E-state index is -0.109. The van der Waals surface area contributed by atoms with Crippen LogP contribution in [0.25, 0.3) is 0 Å². The topological polar surface area (TPSA) is 0 Å². The molecule has 26 heavy (non-hydrogen) atoms. The molecule has 0 N–H and O–H groups in total. The van der Waals surface area contributed by atoms with Gasteiger partial charge in [-0.15, -0.1) is 11.6 Å². The van der Waals surface area contributed by atoms with Gasteiger partial charge in [0.15, 0.2) is 0 Å². The summed E-state index contributed by atoms with van der Waals surface area (Å²) in [5, 5.41) is -0.109. The summed E-state index contributed by atoms with van der Waals surface area (Å²) in [6.07, 6.45) is 0. The van der Waals surface area contributed by atoms with Crippen LogP contribution in [0.4, 0.5) is 0 Å². The Morgan fingerprint density at radius 2 is 0.731 bits per heavy atom. The van der Waals surface area contributed by atoms with Gasteiger partial charge < -0.3 is 0 Å². The summed E-state index contributed by atoms with van der Waals surface area (Å²) in [4.78, 5) is 0. The molecule has 0 radical (unpaired) electrons. The van der Waals surface area contributed by atoms with Crippen LogP contribution in [0.1, 0.15) is 118 Å². The highest BCUT2D eigenvalue weighted by Gasteiger charge is 2.26. The van der Waals surface area contributed by atoms with Gasteiger partial charge in [-0.1, -0.05) is 91.8 Å². The molecule has 0 bridgehead atoms. The molecule has 0 unspecified atom stereocenters. The molecular formula is C25H35Cl. The maximum Gasteiger partial charge on any atom is 0.0846 e. The van der Waals surface area contributed by atoms with Crippen molar-refractivity contribution in [2.75, 3.05) is 0 Å². The lowest BCUT2D eigenvalue weighted by Crippen LogP contribution is -2.12. The summed E-state index contributed by atoms with van der Waals surface area (Å²) >= 11 is 7.33. The molecule has 0 saturated carbocycles. The number of hydrogen-bond acceptors (Lipinski definition) is 0. The highest BCUT2D eigenvalue weighted by Crippen LogP contribution is 2.44. The van der Waals surface area contributed by atoms with E-state index in [1.807, 2.05) is 0 Å². The Morgan fingerprint density at radius 3 is 0.923 bits per heavy atom. The van der Waals surface area contributed by atoms with E-state index >= 15 is 0 Å². The van der Waals surface area contributed by atoms with Crippen molar-refractivity contribution in [1.82, 2.24) is 0 Å². The van der Waals surface area contributed by atoms with Gasteiger partial charge in [-0.3, -0.25) is 0 Å². The van der Waals surface area contributed by atoms with Crippen molar-refractivity contribution < 1.29 is 0 Å². The lowest BCUT2D eigenvalue weighted by atomic mass is 9.80.